The predicted octanol–water partition coefficient (Wildman–Crippen LogP) is 6.64. The Morgan fingerprint density at radius 1 is 0.875 bits per heavy atom. The second-order valence-corrected chi connectivity index (χ2v) is 14.1. The zero-order chi connectivity index (χ0) is 34.1. The molecule has 3 aromatic carbocycles. The molecule has 2 aliphatic heterocycles. The van der Waals surface area contributed by atoms with Gasteiger partial charge in [-0.15, -0.1) is 0 Å². The number of nitrogens with zero attached hydrogens (tertiary/aromatic N) is 5. The first kappa shape index (κ1) is 33.8. The number of aryl methyl sites for hydroxylation is 1. The third-order valence-electron chi connectivity index (χ3n) is 8.65. The molecule has 0 radical (unpaired) electrons. The van der Waals surface area contributed by atoms with Crippen LogP contribution in [-0.2, 0) is 27.4 Å². The zero-order valence-electron chi connectivity index (χ0n) is 25.7. The molecule has 252 valence electrons. The lowest BCUT2D eigenvalue weighted by Gasteiger charge is -2.36. The third-order valence-corrected chi connectivity index (χ3v) is 10.8. The van der Waals surface area contributed by atoms with E-state index in [0.717, 1.165) is 12.1 Å². The maximum atomic E-state index is 14.4. The van der Waals surface area contributed by atoms with Crippen molar-refractivity contribution >= 4 is 39.0 Å². The van der Waals surface area contributed by atoms with Gasteiger partial charge < -0.3 is 9.80 Å². The van der Waals surface area contributed by atoms with E-state index in [-0.39, 0.29) is 35.9 Å². The molecule has 0 unspecified atom stereocenters. The maximum Gasteiger partial charge on any atom is 0.416 e. The Morgan fingerprint density at radius 3 is 2.21 bits per heavy atom. The SMILES string of the molecule is O=C(CCc1cc(-c2ccc(C(F)(F)F)cc2)nc(N2CCN(c3ccccc3F)CC2)n1)[C@@H]1CCCN1S(=O)(=O)c1ccc(Cl)cc1. The summed E-state index contributed by atoms with van der Waals surface area (Å²) in [6.45, 7) is 2.12. The molecule has 6 rings (SSSR count). The molecule has 3 heterocycles. The number of benzene rings is 3. The Kier molecular flexibility index (Phi) is 9.73. The van der Waals surface area contributed by atoms with Crippen molar-refractivity contribution in [2.24, 2.45) is 0 Å². The average Bonchev–Trinajstić information content (AvgIpc) is 3.59. The third kappa shape index (κ3) is 7.32. The molecule has 2 fully saturated rings. The standard InChI is InChI=1S/C34H32ClF4N5O3S/c35-25-11-14-27(15-12-25)48(46,47)44-17-3-6-31(44)32(45)16-13-26-22-29(23-7-9-24(10-8-23)34(37,38)39)41-33(40-26)43-20-18-42(19-21-43)30-5-2-1-4-28(30)36/h1-2,4-5,7-12,14-15,22,31H,3,6,13,16-21H2/t31-/m0/s1. The fourth-order valence-electron chi connectivity index (χ4n) is 6.10. The zero-order valence-corrected chi connectivity index (χ0v) is 27.3. The molecule has 4 aromatic rings. The number of piperazine rings is 1. The number of alkyl halides is 3. The minimum Gasteiger partial charge on any atom is -0.366 e. The molecular weight excluding hydrogens is 670 g/mol. The van der Waals surface area contributed by atoms with Crippen LogP contribution in [0.1, 0.15) is 30.5 Å². The molecule has 0 bridgehead atoms. The van der Waals surface area contributed by atoms with E-state index in [1.54, 1.807) is 24.3 Å². The number of para-hydroxylation sites is 1. The molecule has 48 heavy (non-hydrogen) atoms. The van der Waals surface area contributed by atoms with E-state index in [2.05, 4.69) is 4.98 Å². The van der Waals surface area contributed by atoms with E-state index in [1.807, 2.05) is 9.80 Å². The fourth-order valence-corrected chi connectivity index (χ4v) is 7.90. The van der Waals surface area contributed by atoms with Crippen LogP contribution in [-0.4, -0.2) is 67.2 Å². The molecule has 14 heteroatoms. The Labute approximate surface area is 281 Å². The highest BCUT2D eigenvalue weighted by molar-refractivity contribution is 7.89. The number of aromatic nitrogens is 2. The Bertz CT molecular complexity index is 1880. The van der Waals surface area contributed by atoms with Gasteiger partial charge in [0, 0.05) is 55.4 Å². The number of ketones is 1. The van der Waals surface area contributed by atoms with Crippen LogP contribution in [0.25, 0.3) is 11.3 Å². The van der Waals surface area contributed by atoms with Crippen molar-refractivity contribution in [1.29, 1.82) is 0 Å². The van der Waals surface area contributed by atoms with Crippen molar-refractivity contribution in [2.45, 2.75) is 42.8 Å². The molecule has 2 aliphatic rings. The second kappa shape index (κ2) is 13.8. The summed E-state index contributed by atoms with van der Waals surface area (Å²) in [5.41, 5.74) is 1.03. The molecule has 0 amide bonds. The topological polar surface area (TPSA) is 86.7 Å². The summed E-state index contributed by atoms with van der Waals surface area (Å²) in [6.07, 6.45) is -3.39. The summed E-state index contributed by atoms with van der Waals surface area (Å²) in [6, 6.07) is 17.8. The monoisotopic (exact) mass is 701 g/mol. The van der Waals surface area contributed by atoms with Crippen LogP contribution < -0.4 is 9.80 Å². The fraction of sp³-hybridized carbons (Fsp3) is 0.324. The summed E-state index contributed by atoms with van der Waals surface area (Å²) in [5.74, 6) is -0.226. The van der Waals surface area contributed by atoms with Gasteiger partial charge in [0.1, 0.15) is 5.82 Å². The van der Waals surface area contributed by atoms with Gasteiger partial charge in [-0.05, 0) is 73.9 Å². The van der Waals surface area contributed by atoms with Crippen molar-refractivity contribution in [3.8, 4) is 11.3 Å². The highest BCUT2D eigenvalue weighted by Gasteiger charge is 2.39. The number of sulfonamides is 1. The number of hydrogen-bond donors (Lipinski definition) is 0. The van der Waals surface area contributed by atoms with E-state index in [9.17, 15) is 30.8 Å². The maximum absolute atomic E-state index is 14.4. The number of anilines is 2. The van der Waals surface area contributed by atoms with Gasteiger partial charge in [-0.2, -0.15) is 17.5 Å². The van der Waals surface area contributed by atoms with Crippen molar-refractivity contribution in [3.05, 3.63) is 101 Å². The molecule has 0 saturated carbocycles. The Morgan fingerprint density at radius 2 is 1.54 bits per heavy atom. The van der Waals surface area contributed by atoms with Crippen LogP contribution in [0, 0.1) is 5.82 Å². The van der Waals surface area contributed by atoms with Crippen LogP contribution in [0.2, 0.25) is 5.02 Å². The minimum absolute atomic E-state index is 0.00126. The van der Waals surface area contributed by atoms with Crippen LogP contribution in [0.4, 0.5) is 29.2 Å². The first-order valence-corrected chi connectivity index (χ1v) is 17.3. The van der Waals surface area contributed by atoms with Gasteiger partial charge in [0.2, 0.25) is 16.0 Å². The van der Waals surface area contributed by atoms with Crippen molar-refractivity contribution < 1.29 is 30.8 Å². The molecule has 2 saturated heterocycles. The normalized spacial score (nSPS) is 17.6. The van der Waals surface area contributed by atoms with Crippen molar-refractivity contribution in [3.63, 3.8) is 0 Å². The van der Waals surface area contributed by atoms with Gasteiger partial charge in [-0.1, -0.05) is 35.9 Å². The summed E-state index contributed by atoms with van der Waals surface area (Å²) < 4.78 is 82.2. The van der Waals surface area contributed by atoms with Crippen LogP contribution in [0.15, 0.2) is 83.8 Å². The number of Topliss-reactive ketones (excluding diaryl/α,β-unsaturated/α-hetero) is 1. The van der Waals surface area contributed by atoms with Gasteiger partial charge >= 0.3 is 6.18 Å². The lowest BCUT2D eigenvalue weighted by Crippen LogP contribution is -2.47. The Balaban J connectivity index is 1.22. The molecule has 1 atom stereocenters. The molecule has 8 nitrogen and oxygen atoms in total. The summed E-state index contributed by atoms with van der Waals surface area (Å²) >= 11 is 5.94. The Hall–Kier alpha value is -4.07. The van der Waals surface area contributed by atoms with Crippen LogP contribution in [0.5, 0.6) is 0 Å². The largest absolute Gasteiger partial charge is 0.416 e. The molecule has 0 aliphatic carbocycles. The minimum atomic E-state index is -4.49. The molecule has 1 aromatic heterocycles. The first-order chi connectivity index (χ1) is 22.9. The molecule has 0 N–H and O–H groups in total. The second-order valence-electron chi connectivity index (χ2n) is 11.7. The first-order valence-electron chi connectivity index (χ1n) is 15.5. The lowest BCUT2D eigenvalue weighted by atomic mass is 10.0. The quantitative estimate of drug-likeness (QED) is 0.181. The van der Waals surface area contributed by atoms with E-state index < -0.39 is 27.8 Å². The van der Waals surface area contributed by atoms with E-state index in [1.165, 1.54) is 46.8 Å². The van der Waals surface area contributed by atoms with Crippen molar-refractivity contribution in [1.82, 2.24) is 14.3 Å². The molecule has 0 spiro atoms. The lowest BCUT2D eigenvalue weighted by molar-refractivity contribution is -0.137. The van der Waals surface area contributed by atoms with Crippen molar-refractivity contribution in [2.75, 3.05) is 42.5 Å². The van der Waals surface area contributed by atoms with Crippen LogP contribution >= 0.6 is 11.6 Å². The van der Waals surface area contributed by atoms with E-state index in [0.29, 0.717) is 72.6 Å². The van der Waals surface area contributed by atoms with Gasteiger partial charge in [-0.25, -0.2) is 22.8 Å². The number of halogens is 5. The number of carbonyl (C=O) groups is 1. The van der Waals surface area contributed by atoms with Gasteiger partial charge in [0.25, 0.3) is 0 Å². The van der Waals surface area contributed by atoms with Gasteiger partial charge in [0.05, 0.1) is 27.9 Å². The summed E-state index contributed by atoms with van der Waals surface area (Å²) in [7, 11) is -3.92. The average molecular weight is 702 g/mol. The predicted molar refractivity (Wildman–Crippen MR) is 175 cm³/mol. The smallest absolute Gasteiger partial charge is 0.366 e. The highest BCUT2D eigenvalue weighted by atomic mass is 35.5. The van der Waals surface area contributed by atoms with E-state index >= 15 is 0 Å². The summed E-state index contributed by atoms with van der Waals surface area (Å²) in [4.78, 5) is 26.8. The summed E-state index contributed by atoms with van der Waals surface area (Å²) in [5, 5.41) is 0.398. The van der Waals surface area contributed by atoms with Crippen LogP contribution in [0.3, 0.4) is 0 Å². The number of carbonyl (C=O) groups excluding carboxylic acids is 1. The number of hydrogen-bond acceptors (Lipinski definition) is 7. The van der Waals surface area contributed by atoms with E-state index in [4.69, 9.17) is 16.6 Å². The van der Waals surface area contributed by atoms with Gasteiger partial charge in [-0.3, -0.25) is 4.79 Å². The number of rotatable bonds is 9. The van der Waals surface area contributed by atoms with Gasteiger partial charge in [0.15, 0.2) is 5.78 Å². The molecular formula is C34H32ClF4N5O3S. The highest BCUT2D eigenvalue weighted by Crippen LogP contribution is 2.32.